The lowest BCUT2D eigenvalue weighted by atomic mass is 9.66. The van der Waals surface area contributed by atoms with Crippen LogP contribution in [0.3, 0.4) is 0 Å². The van der Waals surface area contributed by atoms with Gasteiger partial charge in [-0.2, -0.15) is 0 Å². The van der Waals surface area contributed by atoms with Crippen molar-refractivity contribution in [1.82, 2.24) is 0 Å². The van der Waals surface area contributed by atoms with Crippen molar-refractivity contribution < 1.29 is 4.42 Å². The zero-order valence-electron chi connectivity index (χ0n) is 31.2. The normalized spacial score (nSPS) is 13.0. The Morgan fingerprint density at radius 2 is 0.860 bits per heavy atom. The topological polar surface area (TPSA) is 16.4 Å². The van der Waals surface area contributed by atoms with Crippen molar-refractivity contribution in [2.75, 3.05) is 4.90 Å². The summed E-state index contributed by atoms with van der Waals surface area (Å²) < 4.78 is 5.73. The van der Waals surface area contributed by atoms with E-state index in [1.54, 1.807) is 6.26 Å². The third-order valence-corrected chi connectivity index (χ3v) is 11.8. The minimum Gasteiger partial charge on any atom is -0.464 e. The van der Waals surface area contributed by atoms with Crippen molar-refractivity contribution in [2.45, 2.75) is 5.41 Å². The molecule has 0 fully saturated rings. The molecule has 0 atom stereocenters. The van der Waals surface area contributed by atoms with Crippen LogP contribution in [0, 0.1) is 0 Å². The Hall–Kier alpha value is -7.42. The quantitative estimate of drug-likeness (QED) is 0.170. The van der Waals surface area contributed by atoms with E-state index < -0.39 is 5.41 Å². The lowest BCUT2D eigenvalue weighted by Crippen LogP contribution is -2.30. The third kappa shape index (κ3) is 5.33. The average Bonchev–Trinajstić information content (AvgIpc) is 3.89. The highest BCUT2D eigenvalue weighted by molar-refractivity contribution is 5.93. The molecule has 268 valence electrons. The van der Waals surface area contributed by atoms with E-state index in [0.717, 1.165) is 39.5 Å². The summed E-state index contributed by atoms with van der Waals surface area (Å²) >= 11 is 0. The molecule has 2 nitrogen and oxygen atoms in total. The molecule has 0 radical (unpaired) electrons. The number of fused-ring (bicyclic) bond motifs is 9. The van der Waals surface area contributed by atoms with Crippen LogP contribution in [0.5, 0.6) is 0 Å². The molecule has 1 aromatic heterocycles. The van der Waals surface area contributed by atoms with Crippen LogP contribution in [-0.2, 0) is 5.41 Å². The number of hydrogen-bond acceptors (Lipinski definition) is 2. The van der Waals surface area contributed by atoms with Gasteiger partial charge in [0, 0.05) is 22.6 Å². The summed E-state index contributed by atoms with van der Waals surface area (Å²) in [6.07, 6.45) is 6.31. The van der Waals surface area contributed by atoms with Crippen LogP contribution in [-0.4, -0.2) is 0 Å². The molecule has 11 rings (SSSR count). The van der Waals surface area contributed by atoms with Gasteiger partial charge in [-0.05, 0) is 121 Å². The summed E-state index contributed by atoms with van der Waals surface area (Å²) in [7, 11) is 0. The highest BCUT2D eigenvalue weighted by Crippen LogP contribution is 2.59. The fraction of sp³-hybridized carbons (Fsp3) is 0.0182. The second-order valence-electron chi connectivity index (χ2n) is 14.9. The second kappa shape index (κ2) is 13.4. The van der Waals surface area contributed by atoms with Gasteiger partial charge in [0.1, 0.15) is 5.76 Å². The van der Waals surface area contributed by atoms with E-state index in [1.807, 2.05) is 12.1 Å². The van der Waals surface area contributed by atoms with Gasteiger partial charge in [-0.25, -0.2) is 0 Å². The van der Waals surface area contributed by atoms with Crippen molar-refractivity contribution in [3.05, 3.63) is 246 Å². The first-order valence-electron chi connectivity index (χ1n) is 19.6. The Labute approximate surface area is 333 Å². The highest BCUT2D eigenvalue weighted by Gasteiger charge is 2.48. The standard InChI is InChI=1S/C55H37NO/c1-2-12-38(13-3-1)39-25-29-45(30-26-39)56(46-31-27-40(28-32-46)43-16-10-17-44(36-43)54-22-11-35-57-54)47-33-34-49-48-18-6-9-21-52(48)55(53(49)37-47)50-19-7-4-14-41(50)23-24-42-15-5-8-20-51(42)55/h1-37H. The Balaban J connectivity index is 1.10. The molecule has 1 spiro atoms. The largest absolute Gasteiger partial charge is 0.464 e. The summed E-state index contributed by atoms with van der Waals surface area (Å²) in [5.41, 5.74) is 18.8. The van der Waals surface area contributed by atoms with Crippen LogP contribution < -0.4 is 4.90 Å². The first-order valence-corrected chi connectivity index (χ1v) is 19.6. The number of nitrogens with zero attached hydrogens (tertiary/aromatic N) is 1. The lowest BCUT2D eigenvalue weighted by molar-refractivity contribution is 0.582. The van der Waals surface area contributed by atoms with Gasteiger partial charge in [-0.15, -0.1) is 0 Å². The molecule has 0 aliphatic heterocycles. The minimum absolute atomic E-state index is 0.510. The van der Waals surface area contributed by atoms with E-state index in [-0.39, 0.29) is 0 Å². The predicted molar refractivity (Wildman–Crippen MR) is 236 cm³/mol. The smallest absolute Gasteiger partial charge is 0.133 e. The lowest BCUT2D eigenvalue weighted by Gasteiger charge is -2.36. The van der Waals surface area contributed by atoms with Gasteiger partial charge < -0.3 is 9.32 Å². The van der Waals surface area contributed by atoms with E-state index in [0.29, 0.717) is 0 Å². The summed E-state index contributed by atoms with van der Waals surface area (Å²) in [4.78, 5) is 2.40. The first-order chi connectivity index (χ1) is 28.3. The van der Waals surface area contributed by atoms with Crippen LogP contribution in [0.2, 0.25) is 0 Å². The molecule has 8 aromatic carbocycles. The van der Waals surface area contributed by atoms with Crippen LogP contribution in [0.1, 0.15) is 33.4 Å². The molecule has 0 saturated heterocycles. The maximum atomic E-state index is 5.73. The van der Waals surface area contributed by atoms with E-state index in [9.17, 15) is 0 Å². The summed E-state index contributed by atoms with van der Waals surface area (Å²) in [6, 6.07) is 75.0. The zero-order chi connectivity index (χ0) is 37.8. The van der Waals surface area contributed by atoms with Gasteiger partial charge in [-0.1, -0.05) is 164 Å². The van der Waals surface area contributed by atoms with Crippen LogP contribution in [0.25, 0.3) is 56.9 Å². The molecule has 0 unspecified atom stereocenters. The Morgan fingerprint density at radius 1 is 0.333 bits per heavy atom. The van der Waals surface area contributed by atoms with Gasteiger partial charge in [0.25, 0.3) is 0 Å². The van der Waals surface area contributed by atoms with Crippen molar-refractivity contribution in [1.29, 1.82) is 0 Å². The first kappa shape index (κ1) is 33.0. The number of furan rings is 1. The maximum Gasteiger partial charge on any atom is 0.133 e. The highest BCUT2D eigenvalue weighted by atomic mass is 16.3. The fourth-order valence-electron chi connectivity index (χ4n) is 9.26. The molecule has 57 heavy (non-hydrogen) atoms. The molecule has 2 aliphatic rings. The van der Waals surface area contributed by atoms with Crippen LogP contribution in [0.15, 0.2) is 217 Å². The van der Waals surface area contributed by atoms with Crippen LogP contribution in [0.4, 0.5) is 17.1 Å². The monoisotopic (exact) mass is 727 g/mol. The molecule has 0 bridgehead atoms. The number of rotatable bonds is 6. The summed E-state index contributed by atoms with van der Waals surface area (Å²) in [5.74, 6) is 0.866. The summed E-state index contributed by atoms with van der Waals surface area (Å²) in [6.45, 7) is 0. The average molecular weight is 728 g/mol. The van der Waals surface area contributed by atoms with Crippen molar-refractivity contribution in [3.8, 4) is 44.7 Å². The Bertz CT molecular complexity index is 2890. The third-order valence-electron chi connectivity index (χ3n) is 11.8. The molecular formula is C55H37NO. The molecule has 2 aliphatic carbocycles. The number of hydrogen-bond donors (Lipinski definition) is 0. The van der Waals surface area contributed by atoms with E-state index >= 15 is 0 Å². The van der Waals surface area contributed by atoms with Crippen molar-refractivity contribution in [2.24, 2.45) is 0 Å². The SMILES string of the molecule is C1=Cc2ccccc2C2(c3ccccc31)c1ccccc1-c1ccc(N(c3ccc(-c4ccccc4)cc3)c3ccc(-c4cccc(-c5ccco5)c4)cc3)cc12. The van der Waals surface area contributed by atoms with Gasteiger partial charge >= 0.3 is 0 Å². The van der Waals surface area contributed by atoms with Gasteiger partial charge in [0.05, 0.1) is 11.7 Å². The molecular weight excluding hydrogens is 691 g/mol. The second-order valence-corrected chi connectivity index (χ2v) is 14.9. The summed E-state index contributed by atoms with van der Waals surface area (Å²) in [5, 5.41) is 0. The molecule has 1 heterocycles. The molecule has 0 amide bonds. The minimum atomic E-state index is -0.510. The maximum absolute atomic E-state index is 5.73. The number of anilines is 3. The van der Waals surface area contributed by atoms with E-state index in [4.69, 9.17) is 4.42 Å². The molecule has 9 aromatic rings. The zero-order valence-corrected chi connectivity index (χ0v) is 31.2. The van der Waals surface area contributed by atoms with E-state index in [1.165, 1.54) is 55.6 Å². The van der Waals surface area contributed by atoms with Crippen molar-refractivity contribution in [3.63, 3.8) is 0 Å². The van der Waals surface area contributed by atoms with Crippen molar-refractivity contribution >= 4 is 29.2 Å². The Morgan fingerprint density at radius 3 is 1.53 bits per heavy atom. The molecule has 0 N–H and O–H groups in total. The van der Waals surface area contributed by atoms with Crippen LogP contribution >= 0.6 is 0 Å². The van der Waals surface area contributed by atoms with Gasteiger partial charge in [0.2, 0.25) is 0 Å². The molecule has 2 heteroatoms. The Kier molecular flexibility index (Phi) is 7.75. The predicted octanol–water partition coefficient (Wildman–Crippen LogP) is 14.6. The van der Waals surface area contributed by atoms with Gasteiger partial charge in [-0.3, -0.25) is 0 Å². The molecule has 0 saturated carbocycles. The fourth-order valence-corrected chi connectivity index (χ4v) is 9.26. The van der Waals surface area contributed by atoms with E-state index in [2.05, 4.69) is 211 Å². The number of benzene rings is 8. The van der Waals surface area contributed by atoms with Gasteiger partial charge in [0.15, 0.2) is 0 Å².